The number of methoxy groups -OCH3 is 1. The number of hydrogen-bond donors (Lipinski definition) is 1. The standard InChI is InChI=1S/C15H15Br2NO/c1-10(12-8-7-11(16)9-13(12)17)18-14-5-3-4-6-15(14)19-2/h3-10,18H,1-2H3. The van der Waals surface area contributed by atoms with Crippen LogP contribution in [0, 0.1) is 0 Å². The van der Waals surface area contributed by atoms with Gasteiger partial charge in [-0.05, 0) is 36.8 Å². The van der Waals surface area contributed by atoms with Crippen LogP contribution in [0.1, 0.15) is 18.5 Å². The number of hydrogen-bond acceptors (Lipinski definition) is 2. The van der Waals surface area contributed by atoms with E-state index < -0.39 is 0 Å². The van der Waals surface area contributed by atoms with Crippen LogP contribution in [0.5, 0.6) is 5.75 Å². The van der Waals surface area contributed by atoms with E-state index in [9.17, 15) is 0 Å². The zero-order chi connectivity index (χ0) is 13.8. The zero-order valence-electron chi connectivity index (χ0n) is 10.8. The molecule has 0 aromatic heterocycles. The van der Waals surface area contributed by atoms with E-state index >= 15 is 0 Å². The van der Waals surface area contributed by atoms with Gasteiger partial charge in [0.1, 0.15) is 5.75 Å². The van der Waals surface area contributed by atoms with E-state index in [1.54, 1.807) is 7.11 Å². The van der Waals surface area contributed by atoms with Crippen molar-refractivity contribution < 1.29 is 4.74 Å². The van der Waals surface area contributed by atoms with Crippen molar-refractivity contribution in [3.8, 4) is 5.75 Å². The quantitative estimate of drug-likeness (QED) is 0.762. The first-order valence-corrected chi connectivity index (χ1v) is 7.55. The SMILES string of the molecule is COc1ccccc1NC(C)c1ccc(Br)cc1Br. The highest BCUT2D eigenvalue weighted by molar-refractivity contribution is 9.11. The molecular weight excluding hydrogens is 370 g/mol. The topological polar surface area (TPSA) is 21.3 Å². The van der Waals surface area contributed by atoms with Gasteiger partial charge in [0.2, 0.25) is 0 Å². The van der Waals surface area contributed by atoms with E-state index in [4.69, 9.17) is 4.74 Å². The Morgan fingerprint density at radius 1 is 1.11 bits per heavy atom. The minimum atomic E-state index is 0.179. The van der Waals surface area contributed by atoms with Crippen LogP contribution in [-0.4, -0.2) is 7.11 Å². The van der Waals surface area contributed by atoms with Crippen LogP contribution in [0.3, 0.4) is 0 Å². The second-order valence-corrected chi connectivity index (χ2v) is 6.00. The lowest BCUT2D eigenvalue weighted by Crippen LogP contribution is -2.08. The van der Waals surface area contributed by atoms with Crippen molar-refractivity contribution in [2.24, 2.45) is 0 Å². The van der Waals surface area contributed by atoms with Gasteiger partial charge in [-0.3, -0.25) is 0 Å². The second kappa shape index (κ2) is 6.44. The van der Waals surface area contributed by atoms with Gasteiger partial charge in [-0.2, -0.15) is 0 Å². The molecule has 2 nitrogen and oxygen atoms in total. The number of halogens is 2. The van der Waals surface area contributed by atoms with E-state index in [1.165, 1.54) is 5.56 Å². The highest BCUT2D eigenvalue weighted by Crippen LogP contribution is 2.31. The second-order valence-electron chi connectivity index (χ2n) is 4.23. The van der Waals surface area contributed by atoms with E-state index in [1.807, 2.05) is 30.3 Å². The van der Waals surface area contributed by atoms with Gasteiger partial charge < -0.3 is 10.1 Å². The maximum atomic E-state index is 5.35. The molecule has 2 aromatic rings. The Hall–Kier alpha value is -1.000. The lowest BCUT2D eigenvalue weighted by Gasteiger charge is -2.19. The highest BCUT2D eigenvalue weighted by Gasteiger charge is 2.11. The summed E-state index contributed by atoms with van der Waals surface area (Å²) in [5, 5.41) is 3.47. The summed E-state index contributed by atoms with van der Waals surface area (Å²) in [6.07, 6.45) is 0. The molecule has 0 fully saturated rings. The molecule has 2 aromatic carbocycles. The molecule has 0 aliphatic heterocycles. The smallest absolute Gasteiger partial charge is 0.141 e. The fourth-order valence-electron chi connectivity index (χ4n) is 1.93. The molecule has 0 amide bonds. The van der Waals surface area contributed by atoms with Gasteiger partial charge in [-0.15, -0.1) is 0 Å². The van der Waals surface area contributed by atoms with Crippen LogP contribution >= 0.6 is 31.9 Å². The lowest BCUT2D eigenvalue weighted by molar-refractivity contribution is 0.416. The molecule has 0 aliphatic carbocycles. The molecule has 1 N–H and O–H groups in total. The van der Waals surface area contributed by atoms with E-state index in [2.05, 4.69) is 56.2 Å². The summed E-state index contributed by atoms with van der Waals surface area (Å²) in [5.41, 5.74) is 2.20. The summed E-state index contributed by atoms with van der Waals surface area (Å²) in [6.45, 7) is 2.13. The minimum Gasteiger partial charge on any atom is -0.495 e. The Labute approximate surface area is 130 Å². The van der Waals surface area contributed by atoms with Gasteiger partial charge in [-0.1, -0.05) is 50.1 Å². The zero-order valence-corrected chi connectivity index (χ0v) is 14.0. The Morgan fingerprint density at radius 3 is 2.53 bits per heavy atom. The molecule has 0 heterocycles. The van der Waals surface area contributed by atoms with Crippen molar-refractivity contribution in [3.05, 3.63) is 57.0 Å². The van der Waals surface area contributed by atoms with Gasteiger partial charge in [0.25, 0.3) is 0 Å². The van der Waals surface area contributed by atoms with Crippen LogP contribution in [0.4, 0.5) is 5.69 Å². The summed E-state index contributed by atoms with van der Waals surface area (Å²) < 4.78 is 7.49. The first kappa shape index (κ1) is 14.4. The van der Waals surface area contributed by atoms with E-state index in [0.29, 0.717) is 0 Å². The van der Waals surface area contributed by atoms with Gasteiger partial charge in [-0.25, -0.2) is 0 Å². The van der Waals surface area contributed by atoms with Gasteiger partial charge in [0.15, 0.2) is 0 Å². The summed E-state index contributed by atoms with van der Waals surface area (Å²) in [6, 6.07) is 14.3. The van der Waals surface area contributed by atoms with Crippen molar-refractivity contribution in [1.29, 1.82) is 0 Å². The number of anilines is 1. The van der Waals surface area contributed by atoms with Crippen LogP contribution < -0.4 is 10.1 Å². The summed E-state index contributed by atoms with van der Waals surface area (Å²) in [4.78, 5) is 0. The highest BCUT2D eigenvalue weighted by atomic mass is 79.9. The molecular formula is C15H15Br2NO. The number of nitrogens with one attached hydrogen (secondary N) is 1. The molecule has 1 unspecified atom stereocenters. The third kappa shape index (κ3) is 3.51. The molecule has 0 radical (unpaired) electrons. The number of benzene rings is 2. The average Bonchev–Trinajstić information content (AvgIpc) is 2.39. The third-order valence-corrected chi connectivity index (χ3v) is 4.09. The van der Waals surface area contributed by atoms with E-state index in [-0.39, 0.29) is 6.04 Å². The van der Waals surface area contributed by atoms with Gasteiger partial charge >= 0.3 is 0 Å². The van der Waals surface area contributed by atoms with Crippen LogP contribution in [0.2, 0.25) is 0 Å². The number of para-hydroxylation sites is 2. The average molecular weight is 385 g/mol. The summed E-state index contributed by atoms with van der Waals surface area (Å²) in [7, 11) is 1.68. The maximum Gasteiger partial charge on any atom is 0.141 e. The van der Waals surface area contributed by atoms with Crippen LogP contribution in [0.25, 0.3) is 0 Å². The van der Waals surface area contributed by atoms with Crippen molar-refractivity contribution in [3.63, 3.8) is 0 Å². The first-order chi connectivity index (χ1) is 9.11. The van der Waals surface area contributed by atoms with Crippen molar-refractivity contribution >= 4 is 37.5 Å². The lowest BCUT2D eigenvalue weighted by atomic mass is 10.1. The first-order valence-electron chi connectivity index (χ1n) is 5.96. The predicted octanol–water partition coefficient (Wildman–Crippen LogP) is 5.39. The Morgan fingerprint density at radius 2 is 1.84 bits per heavy atom. The third-order valence-electron chi connectivity index (χ3n) is 2.91. The van der Waals surface area contributed by atoms with Crippen molar-refractivity contribution in [2.45, 2.75) is 13.0 Å². The largest absolute Gasteiger partial charge is 0.495 e. The molecule has 0 saturated carbocycles. The fourth-order valence-corrected chi connectivity index (χ4v) is 3.32. The molecule has 100 valence electrons. The molecule has 2 rings (SSSR count). The van der Waals surface area contributed by atoms with Crippen molar-refractivity contribution in [2.75, 3.05) is 12.4 Å². The molecule has 0 bridgehead atoms. The fraction of sp³-hybridized carbons (Fsp3) is 0.200. The molecule has 19 heavy (non-hydrogen) atoms. The van der Waals surface area contributed by atoms with Crippen molar-refractivity contribution in [1.82, 2.24) is 0 Å². The molecule has 0 aliphatic rings. The van der Waals surface area contributed by atoms with E-state index in [0.717, 1.165) is 20.4 Å². The summed E-state index contributed by atoms with van der Waals surface area (Å²) in [5.74, 6) is 0.850. The Balaban J connectivity index is 2.23. The van der Waals surface area contributed by atoms with Crippen LogP contribution in [-0.2, 0) is 0 Å². The number of ether oxygens (including phenoxy) is 1. The van der Waals surface area contributed by atoms with Crippen LogP contribution in [0.15, 0.2) is 51.4 Å². The number of rotatable bonds is 4. The minimum absolute atomic E-state index is 0.179. The predicted molar refractivity (Wildman–Crippen MR) is 86.9 cm³/mol. The maximum absolute atomic E-state index is 5.35. The Bertz CT molecular complexity index is 572. The summed E-state index contributed by atoms with van der Waals surface area (Å²) >= 11 is 7.06. The normalized spacial score (nSPS) is 12.0. The molecule has 0 saturated heterocycles. The van der Waals surface area contributed by atoms with Gasteiger partial charge in [0.05, 0.1) is 12.8 Å². The molecule has 0 spiro atoms. The Kier molecular flexibility index (Phi) is 4.88. The molecule has 1 atom stereocenters. The molecule has 4 heteroatoms. The van der Waals surface area contributed by atoms with Gasteiger partial charge in [0, 0.05) is 15.0 Å². The monoisotopic (exact) mass is 383 g/mol.